The Bertz CT molecular complexity index is 73.8. The minimum absolute atomic E-state index is 1.12. The Labute approximate surface area is 42.0 Å². The Morgan fingerprint density at radius 2 is 2.71 bits per heavy atom. The van der Waals surface area contributed by atoms with Crippen LogP contribution in [0.5, 0.6) is 0 Å². The quantitative estimate of drug-likeness (QED) is 0.473. The molecule has 0 fully saturated rings. The molecule has 0 saturated heterocycles. The maximum atomic E-state index is 4.62. The van der Waals surface area contributed by atoms with Gasteiger partial charge >= 0.3 is 0 Å². The highest BCUT2D eigenvalue weighted by Crippen LogP contribution is 2.03. The normalized spacial score (nSPS) is 20.1. The molecule has 0 atom stereocenters. The van der Waals surface area contributed by atoms with E-state index < -0.39 is 0 Å². The highest BCUT2D eigenvalue weighted by molar-refractivity contribution is 4.90. The Kier molecular flexibility index (Phi) is 1.29. The van der Waals surface area contributed by atoms with Crippen LogP contribution in [0.2, 0.25) is 0 Å². The standard InChI is InChI=1S/C4H5NO2/c1-6-5-3-2-4-7-5/h2,4H,1H3. The fourth-order valence-electron chi connectivity index (χ4n) is 0.303. The average Bonchev–Trinajstić information content (AvgIpc) is 2.14. The molecule has 0 aromatic carbocycles. The third kappa shape index (κ3) is 0.913. The van der Waals surface area contributed by atoms with Crippen LogP contribution in [0.4, 0.5) is 0 Å². The summed E-state index contributed by atoms with van der Waals surface area (Å²) < 4.78 is 0. The number of hydrogen-bond donors (Lipinski definition) is 0. The molecule has 0 bridgehead atoms. The molecule has 0 aliphatic carbocycles. The predicted octanol–water partition coefficient (Wildman–Crippen LogP) is 0.347. The van der Waals surface area contributed by atoms with Crippen LogP contribution in [0, 0.1) is 6.54 Å². The first-order valence-corrected chi connectivity index (χ1v) is 1.85. The van der Waals surface area contributed by atoms with Crippen LogP contribution in [0.25, 0.3) is 0 Å². The first-order chi connectivity index (χ1) is 3.43. The molecule has 0 spiro atoms. The molecule has 1 rings (SSSR count). The Morgan fingerprint density at radius 3 is 3.00 bits per heavy atom. The lowest BCUT2D eigenvalue weighted by atomic mass is 10.7. The van der Waals surface area contributed by atoms with Gasteiger partial charge in [-0.25, -0.2) is 0 Å². The van der Waals surface area contributed by atoms with Crippen LogP contribution in [0.15, 0.2) is 12.3 Å². The van der Waals surface area contributed by atoms with Crippen molar-refractivity contribution >= 4 is 0 Å². The molecule has 2 radical (unpaired) electrons. The van der Waals surface area contributed by atoms with Gasteiger partial charge in [0.1, 0.15) is 6.26 Å². The molecule has 3 nitrogen and oxygen atoms in total. The van der Waals surface area contributed by atoms with Gasteiger partial charge in [-0.1, -0.05) is 0 Å². The number of rotatable bonds is 1. The van der Waals surface area contributed by atoms with Crippen molar-refractivity contribution < 1.29 is 9.68 Å². The van der Waals surface area contributed by atoms with Crippen molar-refractivity contribution in [1.29, 1.82) is 0 Å². The van der Waals surface area contributed by atoms with E-state index in [-0.39, 0.29) is 0 Å². The van der Waals surface area contributed by atoms with E-state index in [2.05, 4.69) is 16.2 Å². The smallest absolute Gasteiger partial charge is 0.166 e. The van der Waals surface area contributed by atoms with Gasteiger partial charge in [0, 0.05) is 0 Å². The van der Waals surface area contributed by atoms with E-state index in [1.54, 1.807) is 6.08 Å². The predicted molar refractivity (Wildman–Crippen MR) is 22.3 cm³/mol. The van der Waals surface area contributed by atoms with E-state index in [4.69, 9.17) is 0 Å². The molecule has 0 amide bonds. The van der Waals surface area contributed by atoms with Gasteiger partial charge in [0.05, 0.1) is 7.11 Å². The highest BCUT2D eigenvalue weighted by atomic mass is 16.9. The topological polar surface area (TPSA) is 21.7 Å². The molecular formula is C4H5NO2. The molecule has 3 heteroatoms. The number of hydrogen-bond acceptors (Lipinski definition) is 3. The summed E-state index contributed by atoms with van der Waals surface area (Å²) >= 11 is 0. The van der Waals surface area contributed by atoms with Crippen LogP contribution in [-0.4, -0.2) is 12.3 Å². The zero-order valence-electron chi connectivity index (χ0n) is 3.92. The molecule has 0 N–H and O–H groups in total. The average molecular weight is 99.1 g/mol. The fourth-order valence-corrected chi connectivity index (χ4v) is 0.303. The van der Waals surface area contributed by atoms with Crippen molar-refractivity contribution in [3.63, 3.8) is 0 Å². The van der Waals surface area contributed by atoms with Gasteiger partial charge in [0.2, 0.25) is 0 Å². The van der Waals surface area contributed by atoms with Gasteiger partial charge < -0.3 is 4.84 Å². The SMILES string of the molecule is CON1[C]C=CO1. The molecule has 0 aromatic rings. The first-order valence-electron chi connectivity index (χ1n) is 1.85. The number of nitrogens with zero attached hydrogens (tertiary/aromatic N) is 1. The summed E-state index contributed by atoms with van der Waals surface area (Å²) in [5.41, 5.74) is 0. The Hall–Kier alpha value is -0.540. The van der Waals surface area contributed by atoms with E-state index in [0.717, 1.165) is 5.23 Å². The van der Waals surface area contributed by atoms with Crippen molar-refractivity contribution in [1.82, 2.24) is 5.23 Å². The minimum atomic E-state index is 1.12. The third-order valence-corrected chi connectivity index (χ3v) is 0.570. The lowest BCUT2D eigenvalue weighted by Gasteiger charge is -2.06. The summed E-state index contributed by atoms with van der Waals surface area (Å²) in [4.78, 5) is 9.17. The van der Waals surface area contributed by atoms with Crippen LogP contribution < -0.4 is 0 Å². The molecule has 1 aliphatic heterocycles. The minimum Gasteiger partial charge on any atom is -0.388 e. The summed E-state index contributed by atoms with van der Waals surface area (Å²) in [6, 6.07) is 0. The van der Waals surface area contributed by atoms with Crippen molar-refractivity contribution in [2.24, 2.45) is 0 Å². The zero-order chi connectivity index (χ0) is 5.11. The largest absolute Gasteiger partial charge is 0.388 e. The van der Waals surface area contributed by atoms with E-state index in [1.807, 2.05) is 0 Å². The lowest BCUT2D eigenvalue weighted by Crippen LogP contribution is -2.11. The third-order valence-electron chi connectivity index (χ3n) is 0.570. The van der Waals surface area contributed by atoms with Crippen LogP contribution in [-0.2, 0) is 9.68 Å². The molecule has 0 unspecified atom stereocenters. The molecule has 38 valence electrons. The van der Waals surface area contributed by atoms with Gasteiger partial charge in [-0.15, -0.1) is 0 Å². The van der Waals surface area contributed by atoms with E-state index in [1.165, 1.54) is 13.4 Å². The molecule has 0 aromatic heterocycles. The van der Waals surface area contributed by atoms with Gasteiger partial charge in [-0.3, -0.25) is 4.84 Å². The van der Waals surface area contributed by atoms with Crippen LogP contribution in [0.1, 0.15) is 0 Å². The monoisotopic (exact) mass is 99.0 g/mol. The summed E-state index contributed by atoms with van der Waals surface area (Å²) in [7, 11) is 1.50. The van der Waals surface area contributed by atoms with Gasteiger partial charge in [-0.2, -0.15) is 0 Å². The summed E-state index contributed by atoms with van der Waals surface area (Å²) in [5, 5.41) is 1.12. The highest BCUT2D eigenvalue weighted by Gasteiger charge is 2.05. The summed E-state index contributed by atoms with van der Waals surface area (Å²) in [6.45, 7) is 2.61. The van der Waals surface area contributed by atoms with E-state index >= 15 is 0 Å². The number of hydroxylamine groups is 2. The maximum absolute atomic E-state index is 4.62. The van der Waals surface area contributed by atoms with E-state index in [0.29, 0.717) is 0 Å². The van der Waals surface area contributed by atoms with Crippen molar-refractivity contribution in [3.8, 4) is 0 Å². The lowest BCUT2D eigenvalue weighted by molar-refractivity contribution is -0.294. The Balaban J connectivity index is 2.22. The second-order valence-electron chi connectivity index (χ2n) is 0.977. The second-order valence-corrected chi connectivity index (χ2v) is 0.977. The van der Waals surface area contributed by atoms with Crippen LogP contribution in [0.3, 0.4) is 0 Å². The summed E-state index contributed by atoms with van der Waals surface area (Å²) in [6.07, 6.45) is 3.09. The molecule has 1 aliphatic rings. The Morgan fingerprint density at radius 1 is 1.86 bits per heavy atom. The van der Waals surface area contributed by atoms with Crippen LogP contribution >= 0.6 is 0 Å². The second kappa shape index (κ2) is 1.95. The van der Waals surface area contributed by atoms with Gasteiger partial charge in [-0.05, 0) is 11.3 Å². The maximum Gasteiger partial charge on any atom is 0.166 e. The molecular weight excluding hydrogens is 94.0 g/mol. The fraction of sp³-hybridized carbons (Fsp3) is 0.250. The molecule has 0 saturated carbocycles. The van der Waals surface area contributed by atoms with Gasteiger partial charge in [0.15, 0.2) is 6.54 Å². The zero-order valence-corrected chi connectivity index (χ0v) is 3.92. The molecule has 7 heavy (non-hydrogen) atoms. The first kappa shape index (κ1) is 4.61. The van der Waals surface area contributed by atoms with Crippen molar-refractivity contribution in [2.45, 2.75) is 0 Å². The summed E-state index contributed by atoms with van der Waals surface area (Å²) in [5.74, 6) is 0. The van der Waals surface area contributed by atoms with Gasteiger partial charge in [0.25, 0.3) is 0 Å². The molecule has 1 heterocycles. The van der Waals surface area contributed by atoms with Crippen molar-refractivity contribution in [2.75, 3.05) is 7.11 Å². The van der Waals surface area contributed by atoms with Crippen molar-refractivity contribution in [3.05, 3.63) is 18.9 Å². The van der Waals surface area contributed by atoms with E-state index in [9.17, 15) is 0 Å².